The van der Waals surface area contributed by atoms with Gasteiger partial charge in [0.25, 0.3) is 0 Å². The minimum atomic E-state index is 0.189. The number of rotatable bonds is 4. The first kappa shape index (κ1) is 26.0. The second kappa shape index (κ2) is 10.6. The first-order valence-electron chi connectivity index (χ1n) is 15.8. The average molecular weight is 572 g/mol. The third-order valence-corrected chi connectivity index (χ3v) is 9.75. The summed E-state index contributed by atoms with van der Waals surface area (Å²) >= 11 is 0. The van der Waals surface area contributed by atoms with Crippen LogP contribution in [0, 0.1) is 0 Å². The Hall–Kier alpha value is -5.47. The Morgan fingerprint density at radius 2 is 1.02 bits per heavy atom. The van der Waals surface area contributed by atoms with E-state index in [1.54, 1.807) is 0 Å². The summed E-state index contributed by atoms with van der Waals surface area (Å²) in [6.45, 7) is 0.189. The Morgan fingerprint density at radius 1 is 0.422 bits per heavy atom. The Kier molecular flexibility index (Phi) is 6.13. The fourth-order valence-electron chi connectivity index (χ4n) is 7.61. The van der Waals surface area contributed by atoms with Gasteiger partial charge in [0, 0.05) is 11.8 Å². The van der Waals surface area contributed by atoms with Crippen molar-refractivity contribution in [3.63, 3.8) is 0 Å². The number of hydrogen-bond donors (Lipinski definition) is 0. The monoisotopic (exact) mass is 571 g/mol. The van der Waals surface area contributed by atoms with E-state index in [1.165, 1.54) is 72.0 Å². The largest absolute Gasteiger partial charge is 0.256 e. The normalized spacial score (nSPS) is 12.7. The van der Waals surface area contributed by atoms with Crippen LogP contribution in [-0.4, -0.2) is 11.7 Å². The van der Waals surface area contributed by atoms with Gasteiger partial charge in [0.05, 0.1) is 5.69 Å². The molecule has 2 aliphatic heterocycles. The predicted octanol–water partition coefficient (Wildman–Crippen LogP) is 8.07. The van der Waals surface area contributed by atoms with Crippen molar-refractivity contribution in [3.05, 3.63) is 180 Å². The maximum atomic E-state index is 4.64. The van der Waals surface area contributed by atoms with Crippen LogP contribution >= 0.6 is 0 Å². The number of benzene rings is 6. The van der Waals surface area contributed by atoms with Gasteiger partial charge in [0.15, 0.2) is 0 Å². The summed E-state index contributed by atoms with van der Waals surface area (Å²) in [7, 11) is 0. The van der Waals surface area contributed by atoms with Crippen LogP contribution in [0.5, 0.6) is 0 Å². The molecule has 0 saturated heterocycles. The SMILES string of the molecule is c1ccc(-c2ccc3c(c2)B2c4cc(-c5ccccc5)ccc4Cc4c(-c5cccc(-c6ccccn6)c5)ccc(c42)C3)cc1. The molecular weight excluding hydrogens is 541 g/mol. The van der Waals surface area contributed by atoms with Crippen molar-refractivity contribution in [2.45, 2.75) is 12.8 Å². The van der Waals surface area contributed by atoms with Crippen molar-refractivity contribution in [1.29, 1.82) is 0 Å². The molecule has 3 heterocycles. The van der Waals surface area contributed by atoms with Crippen molar-refractivity contribution in [3.8, 4) is 44.6 Å². The van der Waals surface area contributed by atoms with Crippen molar-refractivity contribution >= 4 is 23.1 Å². The highest BCUT2D eigenvalue weighted by molar-refractivity contribution is 6.97. The molecular formula is C43H30BN. The number of fused-ring (bicyclic) bond motifs is 4. The Balaban J connectivity index is 1.26. The zero-order chi connectivity index (χ0) is 29.7. The average Bonchev–Trinajstić information content (AvgIpc) is 3.12. The van der Waals surface area contributed by atoms with Crippen LogP contribution < -0.4 is 16.4 Å². The van der Waals surface area contributed by atoms with Crippen LogP contribution in [0.4, 0.5) is 0 Å². The van der Waals surface area contributed by atoms with E-state index in [1.807, 2.05) is 12.3 Å². The molecule has 2 heteroatoms. The van der Waals surface area contributed by atoms with Crippen LogP contribution in [0.15, 0.2) is 158 Å². The molecule has 210 valence electrons. The van der Waals surface area contributed by atoms with E-state index in [4.69, 9.17) is 0 Å². The van der Waals surface area contributed by atoms with E-state index in [0.29, 0.717) is 0 Å². The summed E-state index contributed by atoms with van der Waals surface area (Å²) in [4.78, 5) is 4.64. The summed E-state index contributed by atoms with van der Waals surface area (Å²) in [5.41, 5.74) is 20.0. The summed E-state index contributed by atoms with van der Waals surface area (Å²) < 4.78 is 0. The summed E-state index contributed by atoms with van der Waals surface area (Å²) in [5, 5.41) is 0. The predicted molar refractivity (Wildman–Crippen MR) is 189 cm³/mol. The van der Waals surface area contributed by atoms with Gasteiger partial charge in [-0.25, -0.2) is 0 Å². The Morgan fingerprint density at radius 3 is 1.69 bits per heavy atom. The van der Waals surface area contributed by atoms with E-state index in [0.717, 1.165) is 24.1 Å². The number of hydrogen-bond acceptors (Lipinski definition) is 1. The lowest BCUT2D eigenvalue weighted by atomic mass is 9.30. The number of aromatic nitrogens is 1. The molecule has 45 heavy (non-hydrogen) atoms. The van der Waals surface area contributed by atoms with Gasteiger partial charge in [-0.3, -0.25) is 4.98 Å². The molecule has 0 unspecified atom stereocenters. The maximum Gasteiger partial charge on any atom is 0.242 e. The first-order chi connectivity index (χ1) is 22.3. The van der Waals surface area contributed by atoms with Crippen molar-refractivity contribution in [2.24, 2.45) is 0 Å². The van der Waals surface area contributed by atoms with E-state index < -0.39 is 0 Å². The number of pyridine rings is 1. The van der Waals surface area contributed by atoms with E-state index in [-0.39, 0.29) is 6.71 Å². The van der Waals surface area contributed by atoms with Gasteiger partial charge in [-0.1, -0.05) is 150 Å². The smallest absolute Gasteiger partial charge is 0.242 e. The summed E-state index contributed by atoms with van der Waals surface area (Å²) in [5.74, 6) is 0. The molecule has 0 aliphatic carbocycles. The molecule has 0 N–H and O–H groups in total. The molecule has 1 nitrogen and oxygen atoms in total. The van der Waals surface area contributed by atoms with Crippen LogP contribution in [0.3, 0.4) is 0 Å². The van der Waals surface area contributed by atoms with Gasteiger partial charge < -0.3 is 0 Å². The molecule has 7 aromatic rings. The van der Waals surface area contributed by atoms with Gasteiger partial charge in [-0.2, -0.15) is 0 Å². The van der Waals surface area contributed by atoms with Gasteiger partial charge in [-0.05, 0) is 86.7 Å². The van der Waals surface area contributed by atoms with Crippen LogP contribution in [0.25, 0.3) is 44.6 Å². The molecule has 0 fully saturated rings. The Labute approximate surface area is 265 Å². The maximum absolute atomic E-state index is 4.64. The van der Waals surface area contributed by atoms with Gasteiger partial charge in [0.2, 0.25) is 6.71 Å². The van der Waals surface area contributed by atoms with Gasteiger partial charge in [0.1, 0.15) is 0 Å². The molecule has 0 atom stereocenters. The first-order valence-corrected chi connectivity index (χ1v) is 15.8. The van der Waals surface area contributed by atoms with E-state index in [9.17, 15) is 0 Å². The minimum Gasteiger partial charge on any atom is -0.256 e. The zero-order valence-electron chi connectivity index (χ0n) is 24.9. The molecule has 0 saturated carbocycles. The molecule has 2 aliphatic rings. The standard InChI is InChI=1S/C43H30BN/c1-3-10-29(11-4-1)31-17-19-34-25-37-21-22-38(33-14-9-15-36(24-33)42-16-7-8-23-45-42)39-26-35-20-18-32(30-12-5-2-6-13-30)28-41(35)44(43(37)39)40(34)27-31/h1-24,27-28H,25-26H2. The lowest BCUT2D eigenvalue weighted by Gasteiger charge is -2.36. The third kappa shape index (κ3) is 4.45. The highest BCUT2D eigenvalue weighted by Crippen LogP contribution is 2.34. The molecule has 1 aromatic heterocycles. The van der Waals surface area contributed by atoms with Crippen molar-refractivity contribution in [2.75, 3.05) is 0 Å². The minimum absolute atomic E-state index is 0.189. The lowest BCUT2D eigenvalue weighted by Crippen LogP contribution is -2.61. The van der Waals surface area contributed by atoms with Crippen molar-refractivity contribution in [1.82, 2.24) is 4.98 Å². The molecule has 0 amide bonds. The second-order valence-corrected chi connectivity index (χ2v) is 12.3. The van der Waals surface area contributed by atoms with Gasteiger partial charge >= 0.3 is 0 Å². The molecule has 0 radical (unpaired) electrons. The molecule has 9 rings (SSSR count). The molecule has 0 spiro atoms. The topological polar surface area (TPSA) is 12.9 Å². The summed E-state index contributed by atoms with van der Waals surface area (Å²) in [6.07, 6.45) is 3.77. The third-order valence-electron chi connectivity index (χ3n) is 9.75. The van der Waals surface area contributed by atoms with E-state index >= 15 is 0 Å². The summed E-state index contributed by atoms with van der Waals surface area (Å²) in [6, 6.07) is 55.7. The molecule has 0 bridgehead atoms. The van der Waals surface area contributed by atoms with E-state index in [2.05, 4.69) is 151 Å². The highest BCUT2D eigenvalue weighted by atomic mass is 14.7. The van der Waals surface area contributed by atoms with Gasteiger partial charge in [-0.15, -0.1) is 0 Å². The fraction of sp³-hybridized carbons (Fsp3) is 0.0465. The Bertz CT molecular complexity index is 2150. The number of nitrogens with zero attached hydrogens (tertiary/aromatic N) is 1. The quantitative estimate of drug-likeness (QED) is 0.195. The van der Waals surface area contributed by atoms with Crippen LogP contribution in [-0.2, 0) is 12.8 Å². The second-order valence-electron chi connectivity index (χ2n) is 12.3. The molecule has 6 aromatic carbocycles. The zero-order valence-corrected chi connectivity index (χ0v) is 24.9. The van der Waals surface area contributed by atoms with Crippen LogP contribution in [0.1, 0.15) is 22.3 Å². The lowest BCUT2D eigenvalue weighted by molar-refractivity contribution is 1.15. The van der Waals surface area contributed by atoms with Crippen LogP contribution in [0.2, 0.25) is 0 Å². The highest BCUT2D eigenvalue weighted by Gasteiger charge is 2.38. The van der Waals surface area contributed by atoms with Crippen molar-refractivity contribution < 1.29 is 0 Å². The fourth-order valence-corrected chi connectivity index (χ4v) is 7.61.